The fourth-order valence-corrected chi connectivity index (χ4v) is 5.98. The topological polar surface area (TPSA) is 6.48 Å². The zero-order chi connectivity index (χ0) is 17.8. The number of fused-ring (bicyclic) bond motifs is 1. The molecule has 4 rings (SSSR count). The smallest absolute Gasteiger partial charge is 0.0904 e. The number of hydrogen-bond acceptors (Lipinski definition) is 2. The van der Waals surface area contributed by atoms with Gasteiger partial charge in [-0.15, -0.1) is 0 Å². The molecule has 0 radical (unpaired) electrons. The monoisotopic (exact) mass is 360 g/mol. The quantitative estimate of drug-likeness (QED) is 0.600. The number of benzene rings is 3. The van der Waals surface area contributed by atoms with E-state index in [4.69, 9.17) is 0 Å². The molecule has 0 atom stereocenters. The Morgan fingerprint density at radius 3 is 1.73 bits per heavy atom. The summed E-state index contributed by atoms with van der Waals surface area (Å²) in [5.41, 5.74) is 2.75. The molecule has 0 fully saturated rings. The Labute approximate surface area is 157 Å². The molecule has 2 nitrogen and oxygen atoms in total. The number of rotatable bonds is 6. The van der Waals surface area contributed by atoms with Crippen LogP contribution in [-0.2, 0) is 0 Å². The van der Waals surface area contributed by atoms with Crippen LogP contribution in [0.15, 0.2) is 84.9 Å². The van der Waals surface area contributed by atoms with Crippen molar-refractivity contribution in [1.82, 2.24) is 0 Å². The van der Waals surface area contributed by atoms with Gasteiger partial charge in [-0.3, -0.25) is 0 Å². The number of anilines is 2. The van der Waals surface area contributed by atoms with Crippen LogP contribution in [0.2, 0.25) is 0 Å². The summed E-state index contributed by atoms with van der Waals surface area (Å²) in [5, 5.41) is 2.93. The first-order chi connectivity index (χ1) is 12.9. The van der Waals surface area contributed by atoms with Gasteiger partial charge in [0.2, 0.25) is 0 Å². The lowest BCUT2D eigenvalue weighted by Crippen LogP contribution is -2.33. The highest BCUT2D eigenvalue weighted by Gasteiger charge is 2.25. The highest BCUT2D eigenvalue weighted by molar-refractivity contribution is 7.73. The van der Waals surface area contributed by atoms with Crippen molar-refractivity contribution in [2.75, 3.05) is 35.7 Å². The van der Waals surface area contributed by atoms with E-state index < -0.39 is 0 Å². The predicted octanol–water partition coefficient (Wildman–Crippen LogP) is 4.42. The minimum atomic E-state index is -0.335. The SMILES string of the molecule is CCN1CN(CCP(c2ccccc2)c2ccccc2)c2ccccc21. The van der Waals surface area contributed by atoms with Gasteiger partial charge in [-0.1, -0.05) is 72.8 Å². The molecular weight excluding hydrogens is 335 g/mol. The lowest BCUT2D eigenvalue weighted by molar-refractivity contribution is 0.803. The van der Waals surface area contributed by atoms with Crippen LogP contribution in [0, 0.1) is 0 Å². The Kier molecular flexibility index (Phi) is 5.22. The Hall–Kier alpha value is -2.31. The Morgan fingerprint density at radius 1 is 0.692 bits per heavy atom. The van der Waals surface area contributed by atoms with Crippen molar-refractivity contribution in [3.8, 4) is 0 Å². The summed E-state index contributed by atoms with van der Waals surface area (Å²) < 4.78 is 0. The van der Waals surface area contributed by atoms with Crippen molar-refractivity contribution in [2.24, 2.45) is 0 Å². The van der Waals surface area contributed by atoms with Crippen LogP contribution >= 0.6 is 7.92 Å². The molecule has 0 spiro atoms. The van der Waals surface area contributed by atoms with Crippen LogP contribution in [0.4, 0.5) is 11.4 Å². The van der Waals surface area contributed by atoms with E-state index in [0.717, 1.165) is 19.8 Å². The average Bonchev–Trinajstić information content (AvgIpc) is 3.08. The van der Waals surface area contributed by atoms with E-state index in [9.17, 15) is 0 Å². The highest BCUT2D eigenvalue weighted by Crippen LogP contribution is 2.38. The molecular formula is C23H25N2P. The molecule has 0 N–H and O–H groups in total. The van der Waals surface area contributed by atoms with Gasteiger partial charge in [0, 0.05) is 13.1 Å². The fraction of sp³-hybridized carbons (Fsp3) is 0.217. The van der Waals surface area contributed by atoms with E-state index in [0.29, 0.717) is 0 Å². The minimum absolute atomic E-state index is 0.335. The highest BCUT2D eigenvalue weighted by atomic mass is 31.1. The van der Waals surface area contributed by atoms with Gasteiger partial charge in [-0.25, -0.2) is 0 Å². The first kappa shape index (κ1) is 17.1. The summed E-state index contributed by atoms with van der Waals surface area (Å²) in [6, 6.07) is 30.8. The van der Waals surface area contributed by atoms with E-state index in [2.05, 4.69) is 102 Å². The third-order valence-electron chi connectivity index (χ3n) is 5.02. The largest absolute Gasteiger partial charge is 0.352 e. The first-order valence-corrected chi connectivity index (χ1v) is 10.9. The molecule has 0 aliphatic carbocycles. The zero-order valence-electron chi connectivity index (χ0n) is 15.3. The maximum Gasteiger partial charge on any atom is 0.0904 e. The van der Waals surface area contributed by atoms with Crippen LogP contribution in [0.1, 0.15) is 6.92 Å². The van der Waals surface area contributed by atoms with Gasteiger partial charge in [0.15, 0.2) is 0 Å². The van der Waals surface area contributed by atoms with Gasteiger partial charge in [0.05, 0.1) is 18.0 Å². The Bertz CT molecular complexity index is 796. The van der Waals surface area contributed by atoms with E-state index >= 15 is 0 Å². The summed E-state index contributed by atoms with van der Waals surface area (Å²) in [4.78, 5) is 5.00. The number of nitrogens with zero attached hydrogens (tertiary/aromatic N) is 2. The van der Waals surface area contributed by atoms with Crippen LogP contribution in [0.5, 0.6) is 0 Å². The van der Waals surface area contributed by atoms with Crippen molar-refractivity contribution < 1.29 is 0 Å². The van der Waals surface area contributed by atoms with Gasteiger partial charge in [0.25, 0.3) is 0 Å². The predicted molar refractivity (Wildman–Crippen MR) is 116 cm³/mol. The van der Waals surface area contributed by atoms with Crippen LogP contribution in [0.25, 0.3) is 0 Å². The molecule has 3 heteroatoms. The molecule has 1 heterocycles. The molecule has 0 saturated heterocycles. The van der Waals surface area contributed by atoms with Gasteiger partial charge >= 0.3 is 0 Å². The number of hydrogen-bond donors (Lipinski definition) is 0. The van der Waals surface area contributed by atoms with E-state index in [1.165, 1.54) is 28.1 Å². The molecule has 0 bridgehead atoms. The second-order valence-electron chi connectivity index (χ2n) is 6.57. The average molecular weight is 360 g/mol. The summed E-state index contributed by atoms with van der Waals surface area (Å²) in [5.74, 6) is 0. The van der Waals surface area contributed by atoms with Crippen LogP contribution in [0.3, 0.4) is 0 Å². The summed E-state index contributed by atoms with van der Waals surface area (Å²) >= 11 is 0. The summed E-state index contributed by atoms with van der Waals surface area (Å²) in [7, 11) is -0.335. The van der Waals surface area contributed by atoms with Crippen LogP contribution < -0.4 is 20.4 Å². The normalized spacial score (nSPS) is 13.3. The molecule has 132 valence electrons. The van der Waals surface area contributed by atoms with Crippen molar-refractivity contribution in [2.45, 2.75) is 6.92 Å². The molecule has 0 amide bonds. The van der Waals surface area contributed by atoms with E-state index in [-0.39, 0.29) is 7.92 Å². The molecule has 0 unspecified atom stereocenters. The second kappa shape index (κ2) is 7.93. The van der Waals surface area contributed by atoms with Gasteiger partial charge in [-0.05, 0) is 43.7 Å². The van der Waals surface area contributed by atoms with Gasteiger partial charge < -0.3 is 9.80 Å². The second-order valence-corrected chi connectivity index (χ2v) is 8.91. The third-order valence-corrected chi connectivity index (χ3v) is 7.51. The lowest BCUT2D eigenvalue weighted by Gasteiger charge is -2.25. The summed E-state index contributed by atoms with van der Waals surface area (Å²) in [6.45, 7) is 5.38. The van der Waals surface area contributed by atoms with Crippen molar-refractivity contribution in [1.29, 1.82) is 0 Å². The first-order valence-electron chi connectivity index (χ1n) is 9.33. The standard InChI is InChI=1S/C23H25N2P/c1-2-24-19-25(23-16-10-9-15-22(23)24)17-18-26(20-11-5-3-6-12-20)21-13-7-4-8-14-21/h3-16H,2,17-19H2,1H3. The molecule has 1 aliphatic heterocycles. The maximum absolute atomic E-state index is 2.54. The molecule has 0 saturated carbocycles. The fourth-order valence-electron chi connectivity index (χ4n) is 3.66. The maximum atomic E-state index is 2.54. The summed E-state index contributed by atoms with van der Waals surface area (Å²) in [6.07, 6.45) is 1.18. The van der Waals surface area contributed by atoms with E-state index in [1.807, 2.05) is 0 Å². The molecule has 26 heavy (non-hydrogen) atoms. The van der Waals surface area contributed by atoms with Gasteiger partial charge in [0.1, 0.15) is 0 Å². The molecule has 3 aromatic carbocycles. The van der Waals surface area contributed by atoms with Gasteiger partial charge in [-0.2, -0.15) is 0 Å². The molecule has 3 aromatic rings. The Balaban J connectivity index is 1.56. The number of para-hydroxylation sites is 2. The Morgan fingerprint density at radius 2 is 1.19 bits per heavy atom. The van der Waals surface area contributed by atoms with Crippen molar-refractivity contribution >= 4 is 29.9 Å². The zero-order valence-corrected chi connectivity index (χ0v) is 16.1. The lowest BCUT2D eigenvalue weighted by atomic mass is 10.2. The minimum Gasteiger partial charge on any atom is -0.352 e. The van der Waals surface area contributed by atoms with E-state index in [1.54, 1.807) is 0 Å². The van der Waals surface area contributed by atoms with Crippen molar-refractivity contribution in [3.05, 3.63) is 84.9 Å². The van der Waals surface area contributed by atoms with Crippen LogP contribution in [-0.4, -0.2) is 25.9 Å². The third kappa shape index (κ3) is 3.48. The molecule has 0 aromatic heterocycles. The molecule has 1 aliphatic rings. The van der Waals surface area contributed by atoms with Crippen molar-refractivity contribution in [3.63, 3.8) is 0 Å².